The first-order valence-corrected chi connectivity index (χ1v) is 8.48. The molecular weight excluding hydrogens is 366 g/mol. The molecule has 3 aromatic carbocycles. The summed E-state index contributed by atoms with van der Waals surface area (Å²) in [5, 5.41) is 0. The van der Waals surface area contributed by atoms with E-state index in [0.29, 0.717) is 17.0 Å². The van der Waals surface area contributed by atoms with Gasteiger partial charge in [-0.1, -0.05) is 30.3 Å². The van der Waals surface area contributed by atoms with E-state index in [1.54, 1.807) is 12.1 Å². The van der Waals surface area contributed by atoms with Gasteiger partial charge in [0.2, 0.25) is 0 Å². The van der Waals surface area contributed by atoms with Crippen molar-refractivity contribution in [2.75, 3.05) is 0 Å². The number of hydrogen-bond acceptors (Lipinski definition) is 1. The van der Waals surface area contributed by atoms with Gasteiger partial charge in [0.25, 0.3) is 0 Å². The first-order chi connectivity index (χ1) is 13.5. The quantitative estimate of drug-likeness (QED) is 0.364. The highest BCUT2D eigenvalue weighted by Crippen LogP contribution is 2.31. The summed E-state index contributed by atoms with van der Waals surface area (Å²) in [5.74, 6) is -2.94. The van der Waals surface area contributed by atoms with E-state index in [9.17, 15) is 17.6 Å². The summed E-state index contributed by atoms with van der Waals surface area (Å²) in [6, 6.07) is 18.8. The Balaban J connectivity index is 1.95. The van der Waals surface area contributed by atoms with Crippen molar-refractivity contribution in [3.05, 3.63) is 102 Å². The first kappa shape index (κ1) is 17.9. The van der Waals surface area contributed by atoms with Crippen LogP contribution in [0.15, 0.2) is 78.9 Å². The van der Waals surface area contributed by atoms with Gasteiger partial charge < -0.3 is 0 Å². The second-order valence-corrected chi connectivity index (χ2v) is 6.31. The predicted molar refractivity (Wildman–Crippen MR) is 100 cm³/mol. The van der Waals surface area contributed by atoms with Crippen LogP contribution >= 0.6 is 0 Å². The molecule has 0 aliphatic rings. The van der Waals surface area contributed by atoms with Crippen LogP contribution in [0.5, 0.6) is 0 Å². The second-order valence-electron chi connectivity index (χ2n) is 6.31. The Morgan fingerprint density at radius 1 is 0.429 bits per heavy atom. The molecule has 0 fully saturated rings. The third-order valence-electron chi connectivity index (χ3n) is 4.25. The lowest BCUT2D eigenvalue weighted by Crippen LogP contribution is -1.94. The van der Waals surface area contributed by atoms with Crippen LogP contribution in [0.25, 0.3) is 33.6 Å². The number of pyridine rings is 1. The Morgan fingerprint density at radius 2 is 0.857 bits per heavy atom. The van der Waals surface area contributed by atoms with Crippen molar-refractivity contribution in [1.29, 1.82) is 0 Å². The minimum Gasteiger partial charge on any atom is -0.248 e. The van der Waals surface area contributed by atoms with Crippen LogP contribution in [-0.2, 0) is 0 Å². The lowest BCUT2D eigenvalue weighted by Gasteiger charge is -2.11. The molecule has 1 nitrogen and oxygen atoms in total. The van der Waals surface area contributed by atoms with Gasteiger partial charge in [-0.15, -0.1) is 0 Å². The van der Waals surface area contributed by atoms with E-state index in [1.165, 1.54) is 0 Å². The minimum atomic E-state index is -0.736. The number of nitrogens with zero attached hydrogens (tertiary/aromatic N) is 1. The molecule has 28 heavy (non-hydrogen) atoms. The molecule has 5 heteroatoms. The fraction of sp³-hybridized carbons (Fsp3) is 0. The van der Waals surface area contributed by atoms with Crippen molar-refractivity contribution in [2.24, 2.45) is 0 Å². The summed E-state index contributed by atoms with van der Waals surface area (Å²) in [6.07, 6.45) is 0. The van der Waals surface area contributed by atoms with E-state index in [1.807, 2.05) is 30.3 Å². The largest absolute Gasteiger partial charge is 0.248 e. The molecule has 4 rings (SSSR count). The smallest absolute Gasteiger partial charge is 0.126 e. The molecule has 0 saturated heterocycles. The van der Waals surface area contributed by atoms with Gasteiger partial charge in [-0.3, -0.25) is 0 Å². The van der Waals surface area contributed by atoms with E-state index in [2.05, 4.69) is 4.98 Å². The van der Waals surface area contributed by atoms with Crippen LogP contribution in [0.3, 0.4) is 0 Å². The van der Waals surface area contributed by atoms with Gasteiger partial charge >= 0.3 is 0 Å². The van der Waals surface area contributed by atoms with Crippen molar-refractivity contribution < 1.29 is 17.6 Å². The Labute approximate surface area is 158 Å². The van der Waals surface area contributed by atoms with Crippen LogP contribution in [0, 0.1) is 23.3 Å². The van der Waals surface area contributed by atoms with E-state index in [-0.39, 0.29) is 11.1 Å². The molecule has 0 atom stereocenters. The third kappa shape index (κ3) is 3.78. The van der Waals surface area contributed by atoms with E-state index < -0.39 is 23.3 Å². The third-order valence-corrected chi connectivity index (χ3v) is 4.25. The average Bonchev–Trinajstić information content (AvgIpc) is 2.67. The summed E-state index contributed by atoms with van der Waals surface area (Å²) < 4.78 is 54.8. The maximum absolute atomic E-state index is 13.7. The van der Waals surface area contributed by atoms with Gasteiger partial charge in [-0.2, -0.15) is 0 Å². The summed E-state index contributed by atoms with van der Waals surface area (Å²) >= 11 is 0. The van der Waals surface area contributed by atoms with Gasteiger partial charge in [0.05, 0.1) is 11.4 Å². The molecule has 0 saturated carbocycles. The van der Waals surface area contributed by atoms with Crippen LogP contribution in [-0.4, -0.2) is 4.98 Å². The lowest BCUT2D eigenvalue weighted by molar-refractivity contribution is 0.583. The molecule has 0 unspecified atom stereocenters. The molecule has 138 valence electrons. The van der Waals surface area contributed by atoms with Gasteiger partial charge in [0.15, 0.2) is 0 Å². The normalized spacial score (nSPS) is 10.9. The van der Waals surface area contributed by atoms with Crippen LogP contribution in [0.4, 0.5) is 17.6 Å². The minimum absolute atomic E-state index is 0.230. The second kappa shape index (κ2) is 7.27. The number of aromatic nitrogens is 1. The fourth-order valence-electron chi connectivity index (χ4n) is 3.03. The number of hydrogen-bond donors (Lipinski definition) is 0. The highest BCUT2D eigenvalue weighted by molar-refractivity contribution is 5.76. The van der Waals surface area contributed by atoms with Crippen molar-refractivity contribution in [1.82, 2.24) is 4.98 Å². The van der Waals surface area contributed by atoms with Gasteiger partial charge in [-0.25, -0.2) is 22.5 Å². The zero-order chi connectivity index (χ0) is 19.7. The van der Waals surface area contributed by atoms with Gasteiger partial charge in [-0.05, 0) is 47.5 Å². The molecule has 0 aliphatic carbocycles. The topological polar surface area (TPSA) is 12.9 Å². The van der Waals surface area contributed by atoms with E-state index in [4.69, 9.17) is 0 Å². The number of halogens is 4. The van der Waals surface area contributed by atoms with Crippen molar-refractivity contribution in [3.8, 4) is 33.6 Å². The lowest BCUT2D eigenvalue weighted by atomic mass is 10.00. The molecule has 0 amide bonds. The molecular formula is C23H13F4N. The molecule has 0 bridgehead atoms. The van der Waals surface area contributed by atoms with E-state index >= 15 is 0 Å². The summed E-state index contributed by atoms with van der Waals surface area (Å²) in [6.45, 7) is 0. The Morgan fingerprint density at radius 3 is 1.29 bits per heavy atom. The Bertz CT molecular complexity index is 1050. The molecule has 0 spiro atoms. The van der Waals surface area contributed by atoms with Crippen LogP contribution < -0.4 is 0 Å². The molecule has 1 heterocycles. The van der Waals surface area contributed by atoms with Crippen LogP contribution in [0.1, 0.15) is 0 Å². The average molecular weight is 379 g/mol. The Hall–Kier alpha value is -3.47. The molecule has 0 aliphatic heterocycles. The maximum atomic E-state index is 13.7. The monoisotopic (exact) mass is 379 g/mol. The zero-order valence-electron chi connectivity index (χ0n) is 14.5. The molecule has 4 aromatic rings. The Kier molecular flexibility index (Phi) is 4.65. The first-order valence-electron chi connectivity index (χ1n) is 8.48. The summed E-state index contributed by atoms with van der Waals surface area (Å²) in [7, 11) is 0. The predicted octanol–water partition coefficient (Wildman–Crippen LogP) is 6.64. The van der Waals surface area contributed by atoms with Gasteiger partial charge in [0, 0.05) is 23.3 Å². The molecule has 1 aromatic heterocycles. The molecule has 0 N–H and O–H groups in total. The molecule has 0 radical (unpaired) electrons. The van der Waals surface area contributed by atoms with Crippen LogP contribution in [0.2, 0.25) is 0 Å². The van der Waals surface area contributed by atoms with Crippen molar-refractivity contribution in [3.63, 3.8) is 0 Å². The van der Waals surface area contributed by atoms with Crippen molar-refractivity contribution in [2.45, 2.75) is 0 Å². The highest BCUT2D eigenvalue weighted by Gasteiger charge is 2.12. The SMILES string of the molecule is Fc1cc(F)cc(-c2cc(-c3ccccc3)cc(-c3cc(F)cc(F)c3)n2)c1. The van der Waals surface area contributed by atoms with Gasteiger partial charge in [0.1, 0.15) is 23.3 Å². The fourth-order valence-corrected chi connectivity index (χ4v) is 3.03. The summed E-state index contributed by atoms with van der Waals surface area (Å²) in [4.78, 5) is 4.40. The van der Waals surface area contributed by atoms with E-state index in [0.717, 1.165) is 42.0 Å². The summed E-state index contributed by atoms with van der Waals surface area (Å²) in [5.41, 5.74) is 2.58. The maximum Gasteiger partial charge on any atom is 0.126 e. The zero-order valence-corrected chi connectivity index (χ0v) is 14.5. The number of rotatable bonds is 3. The highest BCUT2D eigenvalue weighted by atomic mass is 19.1. The standard InChI is InChI=1S/C23H13F4N/c24-18-6-16(7-19(25)12-18)22-10-15(14-4-2-1-3-5-14)11-23(28-22)17-8-20(26)13-21(27)9-17/h1-13H. The number of benzene rings is 3. The van der Waals surface area contributed by atoms with Crippen molar-refractivity contribution >= 4 is 0 Å².